The summed E-state index contributed by atoms with van der Waals surface area (Å²) in [6, 6.07) is 26.4. The fourth-order valence-electron chi connectivity index (χ4n) is 3.98. The molecule has 31 heavy (non-hydrogen) atoms. The first-order chi connectivity index (χ1) is 15.2. The van der Waals surface area contributed by atoms with Gasteiger partial charge in [-0.1, -0.05) is 54.6 Å². The Morgan fingerprint density at radius 3 is 2.16 bits per heavy atom. The SMILES string of the molecule is COc1ccccc1N1CCN(CC(O)COc2ccc(-c3ccccc3)cc2)CC1. The van der Waals surface area contributed by atoms with Gasteiger partial charge < -0.3 is 19.5 Å². The number of anilines is 1. The van der Waals surface area contributed by atoms with E-state index in [-0.39, 0.29) is 6.61 Å². The van der Waals surface area contributed by atoms with Crippen LogP contribution in [0.5, 0.6) is 11.5 Å². The van der Waals surface area contributed by atoms with Crippen molar-refractivity contribution in [3.8, 4) is 22.6 Å². The van der Waals surface area contributed by atoms with E-state index in [2.05, 4.69) is 28.0 Å². The second-order valence-electron chi connectivity index (χ2n) is 7.81. The molecular weight excluding hydrogens is 388 g/mol. The third kappa shape index (κ3) is 5.57. The monoisotopic (exact) mass is 418 g/mol. The minimum absolute atomic E-state index is 0.289. The zero-order valence-corrected chi connectivity index (χ0v) is 18.0. The molecule has 1 saturated heterocycles. The Labute approximate surface area is 184 Å². The van der Waals surface area contributed by atoms with Gasteiger partial charge in [0.05, 0.1) is 12.8 Å². The molecule has 0 aliphatic carbocycles. The average Bonchev–Trinajstić information content (AvgIpc) is 2.84. The second-order valence-corrected chi connectivity index (χ2v) is 7.81. The first kappa shape index (κ1) is 21.2. The highest BCUT2D eigenvalue weighted by molar-refractivity contribution is 5.64. The summed E-state index contributed by atoms with van der Waals surface area (Å²) in [7, 11) is 1.71. The van der Waals surface area contributed by atoms with Crippen molar-refractivity contribution in [1.29, 1.82) is 0 Å². The summed E-state index contributed by atoms with van der Waals surface area (Å²) in [6.45, 7) is 4.53. The standard InChI is InChI=1S/C26H30N2O3/c1-30-26-10-6-5-9-25(26)28-17-15-27(16-18-28)19-23(29)20-31-24-13-11-22(12-14-24)21-7-3-2-4-8-21/h2-14,23,29H,15-20H2,1H3. The normalized spacial score (nSPS) is 15.5. The Balaban J connectivity index is 1.22. The molecule has 1 aliphatic heterocycles. The van der Waals surface area contributed by atoms with Crippen molar-refractivity contribution in [2.45, 2.75) is 6.10 Å². The van der Waals surface area contributed by atoms with E-state index in [9.17, 15) is 5.11 Å². The number of aliphatic hydroxyl groups is 1. The van der Waals surface area contributed by atoms with Gasteiger partial charge in [0.2, 0.25) is 0 Å². The Hall–Kier alpha value is -3.02. The molecule has 0 spiro atoms. The maximum absolute atomic E-state index is 10.5. The molecule has 0 saturated carbocycles. The number of hydrogen-bond donors (Lipinski definition) is 1. The number of hydrogen-bond acceptors (Lipinski definition) is 5. The zero-order chi connectivity index (χ0) is 21.5. The van der Waals surface area contributed by atoms with Gasteiger partial charge in [-0.3, -0.25) is 4.90 Å². The highest BCUT2D eigenvalue weighted by Crippen LogP contribution is 2.28. The number of benzene rings is 3. The van der Waals surface area contributed by atoms with E-state index in [0.717, 1.165) is 48.9 Å². The first-order valence-electron chi connectivity index (χ1n) is 10.8. The predicted molar refractivity (Wildman–Crippen MR) is 125 cm³/mol. The molecule has 0 amide bonds. The summed E-state index contributed by atoms with van der Waals surface area (Å²) < 4.78 is 11.3. The molecule has 1 aliphatic rings. The van der Waals surface area contributed by atoms with Gasteiger partial charge in [0, 0.05) is 32.7 Å². The van der Waals surface area contributed by atoms with Gasteiger partial charge in [-0.2, -0.15) is 0 Å². The van der Waals surface area contributed by atoms with Crippen LogP contribution in [0.1, 0.15) is 0 Å². The van der Waals surface area contributed by atoms with Gasteiger partial charge >= 0.3 is 0 Å². The number of aliphatic hydroxyl groups excluding tert-OH is 1. The minimum Gasteiger partial charge on any atom is -0.495 e. The molecule has 3 aromatic carbocycles. The molecule has 1 fully saturated rings. The lowest BCUT2D eigenvalue weighted by Crippen LogP contribution is -2.49. The number of para-hydroxylation sites is 2. The largest absolute Gasteiger partial charge is 0.495 e. The molecule has 1 atom stereocenters. The van der Waals surface area contributed by atoms with Gasteiger partial charge in [-0.15, -0.1) is 0 Å². The van der Waals surface area contributed by atoms with E-state index in [0.29, 0.717) is 6.54 Å². The highest BCUT2D eigenvalue weighted by atomic mass is 16.5. The molecular formula is C26H30N2O3. The summed E-state index contributed by atoms with van der Waals surface area (Å²) >= 11 is 0. The molecule has 5 nitrogen and oxygen atoms in total. The van der Waals surface area contributed by atoms with Crippen LogP contribution in [-0.2, 0) is 0 Å². The second kappa shape index (κ2) is 10.3. The van der Waals surface area contributed by atoms with Crippen molar-refractivity contribution in [1.82, 2.24) is 4.90 Å². The smallest absolute Gasteiger partial charge is 0.142 e. The molecule has 0 aromatic heterocycles. The first-order valence-corrected chi connectivity index (χ1v) is 10.8. The minimum atomic E-state index is -0.522. The number of nitrogens with zero attached hydrogens (tertiary/aromatic N) is 2. The zero-order valence-electron chi connectivity index (χ0n) is 18.0. The number of ether oxygens (including phenoxy) is 2. The van der Waals surface area contributed by atoms with E-state index in [1.165, 1.54) is 5.56 Å². The number of β-amino-alcohol motifs (C(OH)–C–C–N with tert-alkyl or cyclic N) is 1. The van der Waals surface area contributed by atoms with E-state index in [1.54, 1.807) is 7.11 Å². The van der Waals surface area contributed by atoms with Crippen LogP contribution in [0.4, 0.5) is 5.69 Å². The summed E-state index contributed by atoms with van der Waals surface area (Å²) in [5, 5.41) is 10.5. The Morgan fingerprint density at radius 1 is 0.806 bits per heavy atom. The van der Waals surface area contributed by atoms with Gasteiger partial charge in [0.15, 0.2) is 0 Å². The Kier molecular flexibility index (Phi) is 7.07. The fourth-order valence-corrected chi connectivity index (χ4v) is 3.98. The number of methoxy groups -OCH3 is 1. The average molecular weight is 419 g/mol. The third-order valence-corrected chi connectivity index (χ3v) is 5.67. The topological polar surface area (TPSA) is 45.2 Å². The van der Waals surface area contributed by atoms with Crippen molar-refractivity contribution in [2.75, 3.05) is 51.3 Å². The van der Waals surface area contributed by atoms with Crippen molar-refractivity contribution in [2.24, 2.45) is 0 Å². The molecule has 0 radical (unpaired) electrons. The van der Waals surface area contributed by atoms with Crippen molar-refractivity contribution < 1.29 is 14.6 Å². The lowest BCUT2D eigenvalue weighted by Gasteiger charge is -2.37. The van der Waals surface area contributed by atoms with Crippen LogP contribution in [0, 0.1) is 0 Å². The molecule has 3 aromatic rings. The summed E-state index contributed by atoms with van der Waals surface area (Å²) in [4.78, 5) is 4.63. The lowest BCUT2D eigenvalue weighted by molar-refractivity contribution is 0.0663. The van der Waals surface area contributed by atoms with E-state index >= 15 is 0 Å². The maximum atomic E-state index is 10.5. The van der Waals surface area contributed by atoms with Crippen molar-refractivity contribution in [3.63, 3.8) is 0 Å². The summed E-state index contributed by atoms with van der Waals surface area (Å²) in [5.41, 5.74) is 3.47. The van der Waals surface area contributed by atoms with Crippen LogP contribution < -0.4 is 14.4 Å². The van der Waals surface area contributed by atoms with Crippen LogP contribution in [0.25, 0.3) is 11.1 Å². The van der Waals surface area contributed by atoms with E-state index in [1.807, 2.05) is 60.7 Å². The maximum Gasteiger partial charge on any atom is 0.142 e. The van der Waals surface area contributed by atoms with Gasteiger partial charge in [-0.25, -0.2) is 0 Å². The molecule has 5 heteroatoms. The molecule has 4 rings (SSSR count). The molecule has 162 valence electrons. The van der Waals surface area contributed by atoms with E-state index < -0.39 is 6.10 Å². The highest BCUT2D eigenvalue weighted by Gasteiger charge is 2.21. The van der Waals surface area contributed by atoms with Gasteiger partial charge in [0.1, 0.15) is 24.2 Å². The predicted octanol–water partition coefficient (Wildman–Crippen LogP) is 3.92. The fraction of sp³-hybridized carbons (Fsp3) is 0.308. The van der Waals surface area contributed by atoms with Crippen LogP contribution >= 0.6 is 0 Å². The molecule has 0 bridgehead atoms. The van der Waals surface area contributed by atoms with Gasteiger partial charge in [0.25, 0.3) is 0 Å². The molecule has 1 unspecified atom stereocenters. The lowest BCUT2D eigenvalue weighted by atomic mass is 10.1. The van der Waals surface area contributed by atoms with Crippen molar-refractivity contribution in [3.05, 3.63) is 78.9 Å². The number of rotatable bonds is 8. The Bertz CT molecular complexity index is 938. The molecule has 1 heterocycles. The van der Waals surface area contributed by atoms with E-state index in [4.69, 9.17) is 9.47 Å². The van der Waals surface area contributed by atoms with Crippen LogP contribution in [0.2, 0.25) is 0 Å². The quantitative estimate of drug-likeness (QED) is 0.601. The third-order valence-electron chi connectivity index (χ3n) is 5.67. The van der Waals surface area contributed by atoms with Crippen LogP contribution in [-0.4, -0.2) is 62.6 Å². The van der Waals surface area contributed by atoms with Crippen molar-refractivity contribution >= 4 is 5.69 Å². The molecule has 1 N–H and O–H groups in total. The van der Waals surface area contributed by atoms with Crippen LogP contribution in [0.3, 0.4) is 0 Å². The summed E-state index contributed by atoms with van der Waals surface area (Å²) in [6.07, 6.45) is -0.522. The Morgan fingerprint density at radius 2 is 1.45 bits per heavy atom. The van der Waals surface area contributed by atoms with Crippen LogP contribution in [0.15, 0.2) is 78.9 Å². The summed E-state index contributed by atoms with van der Waals surface area (Å²) in [5.74, 6) is 1.68. The van der Waals surface area contributed by atoms with Gasteiger partial charge in [-0.05, 0) is 35.4 Å². The number of piperazine rings is 1.